The number of morpholine rings is 1. The third kappa shape index (κ3) is 1.65. The van der Waals surface area contributed by atoms with Crippen molar-refractivity contribution < 1.29 is 9.53 Å². The first-order chi connectivity index (χ1) is 6.48. The quantitative estimate of drug-likeness (QED) is 0.588. The van der Waals surface area contributed by atoms with Gasteiger partial charge < -0.3 is 9.64 Å². The van der Waals surface area contributed by atoms with Crippen LogP contribution >= 0.6 is 0 Å². The molecular formula is C11H19NO2. The molecule has 3 aliphatic rings. The van der Waals surface area contributed by atoms with E-state index in [4.69, 9.17) is 4.74 Å². The minimum atomic E-state index is -0.252. The van der Waals surface area contributed by atoms with Gasteiger partial charge in [-0.3, -0.25) is 4.79 Å². The summed E-state index contributed by atoms with van der Waals surface area (Å²) in [7, 11) is 0. The first-order valence-corrected chi connectivity index (χ1v) is 5.41. The SMILES string of the molecule is CC(C)(C)C(=O)N1CC2CC[C@H]1CO2. The molecule has 3 heteroatoms. The Morgan fingerprint density at radius 3 is 2.43 bits per heavy atom. The summed E-state index contributed by atoms with van der Waals surface area (Å²) >= 11 is 0. The molecule has 1 unspecified atom stereocenters. The summed E-state index contributed by atoms with van der Waals surface area (Å²) in [5.41, 5.74) is -0.252. The van der Waals surface area contributed by atoms with E-state index in [0.29, 0.717) is 12.1 Å². The molecule has 2 bridgehead atoms. The molecule has 1 amide bonds. The minimum Gasteiger partial charge on any atom is -0.374 e. The smallest absolute Gasteiger partial charge is 0.228 e. The highest BCUT2D eigenvalue weighted by atomic mass is 16.5. The number of hydrogen-bond donors (Lipinski definition) is 0. The Kier molecular flexibility index (Phi) is 2.30. The number of amides is 1. The summed E-state index contributed by atoms with van der Waals surface area (Å²) < 4.78 is 5.58. The Morgan fingerprint density at radius 2 is 2.07 bits per heavy atom. The van der Waals surface area contributed by atoms with E-state index in [-0.39, 0.29) is 11.3 Å². The lowest BCUT2D eigenvalue weighted by molar-refractivity contribution is -0.162. The molecule has 80 valence electrons. The Balaban J connectivity index is 2.09. The molecule has 3 rings (SSSR count). The van der Waals surface area contributed by atoms with Crippen molar-refractivity contribution in [3.8, 4) is 0 Å². The lowest BCUT2D eigenvalue weighted by Gasteiger charge is -2.47. The lowest BCUT2D eigenvalue weighted by Crippen LogP contribution is -2.58. The van der Waals surface area contributed by atoms with Crippen LogP contribution in [-0.4, -0.2) is 36.1 Å². The second-order valence-corrected chi connectivity index (χ2v) is 5.39. The number of rotatable bonds is 0. The van der Waals surface area contributed by atoms with E-state index in [0.717, 1.165) is 26.0 Å². The molecule has 3 nitrogen and oxygen atoms in total. The van der Waals surface area contributed by atoms with Crippen molar-refractivity contribution in [1.82, 2.24) is 4.90 Å². The van der Waals surface area contributed by atoms with E-state index < -0.39 is 0 Å². The van der Waals surface area contributed by atoms with Crippen molar-refractivity contribution >= 4 is 5.91 Å². The number of piperidine rings is 1. The molecular weight excluding hydrogens is 178 g/mol. The molecule has 0 spiro atoms. The Morgan fingerprint density at radius 1 is 1.36 bits per heavy atom. The third-order valence-corrected chi connectivity index (χ3v) is 3.09. The van der Waals surface area contributed by atoms with Crippen molar-refractivity contribution in [1.29, 1.82) is 0 Å². The minimum absolute atomic E-state index is 0.252. The first-order valence-electron chi connectivity index (χ1n) is 5.41. The molecule has 0 N–H and O–H groups in total. The lowest BCUT2D eigenvalue weighted by atomic mass is 9.90. The molecule has 0 aliphatic carbocycles. The monoisotopic (exact) mass is 197 g/mol. The average molecular weight is 197 g/mol. The van der Waals surface area contributed by atoms with Crippen LogP contribution in [0.2, 0.25) is 0 Å². The molecule has 2 atom stereocenters. The highest BCUT2D eigenvalue weighted by Crippen LogP contribution is 2.30. The maximum absolute atomic E-state index is 12.1. The van der Waals surface area contributed by atoms with Crippen LogP contribution in [0.15, 0.2) is 0 Å². The summed E-state index contributed by atoms with van der Waals surface area (Å²) in [6, 6.07) is 0.340. The summed E-state index contributed by atoms with van der Waals surface area (Å²) in [4.78, 5) is 14.1. The van der Waals surface area contributed by atoms with Gasteiger partial charge in [-0.1, -0.05) is 20.8 Å². The molecule has 3 saturated heterocycles. The highest BCUT2D eigenvalue weighted by Gasteiger charge is 2.40. The van der Waals surface area contributed by atoms with Crippen molar-refractivity contribution in [3.05, 3.63) is 0 Å². The van der Waals surface area contributed by atoms with E-state index in [1.807, 2.05) is 25.7 Å². The van der Waals surface area contributed by atoms with Gasteiger partial charge in [-0.15, -0.1) is 0 Å². The fourth-order valence-corrected chi connectivity index (χ4v) is 2.23. The molecule has 0 radical (unpaired) electrons. The van der Waals surface area contributed by atoms with Crippen LogP contribution in [0.4, 0.5) is 0 Å². The predicted octanol–water partition coefficient (Wildman–Crippen LogP) is 1.42. The maximum atomic E-state index is 12.1. The average Bonchev–Trinajstić information content (AvgIpc) is 2.17. The van der Waals surface area contributed by atoms with Crippen molar-refractivity contribution in [2.45, 2.75) is 45.8 Å². The number of nitrogens with zero attached hydrogens (tertiary/aromatic N) is 1. The molecule has 0 aromatic heterocycles. The van der Waals surface area contributed by atoms with E-state index in [1.165, 1.54) is 0 Å². The van der Waals surface area contributed by atoms with Crippen LogP contribution in [0.1, 0.15) is 33.6 Å². The van der Waals surface area contributed by atoms with Gasteiger partial charge in [0.25, 0.3) is 0 Å². The largest absolute Gasteiger partial charge is 0.374 e. The van der Waals surface area contributed by atoms with Crippen LogP contribution in [0, 0.1) is 5.41 Å². The van der Waals surface area contributed by atoms with Crippen LogP contribution in [-0.2, 0) is 9.53 Å². The summed E-state index contributed by atoms with van der Waals surface area (Å²) in [6.07, 6.45) is 2.54. The molecule has 0 aromatic rings. The predicted molar refractivity (Wildman–Crippen MR) is 53.9 cm³/mol. The van der Waals surface area contributed by atoms with Crippen LogP contribution in [0.25, 0.3) is 0 Å². The number of ether oxygens (including phenoxy) is 1. The summed E-state index contributed by atoms with van der Waals surface area (Å²) in [6.45, 7) is 7.50. The van der Waals surface area contributed by atoms with Crippen LogP contribution in [0.5, 0.6) is 0 Å². The summed E-state index contributed by atoms with van der Waals surface area (Å²) in [5.74, 6) is 0.274. The molecule has 3 fully saturated rings. The molecule has 14 heavy (non-hydrogen) atoms. The van der Waals surface area contributed by atoms with Crippen LogP contribution in [0.3, 0.4) is 0 Å². The standard InChI is InChI=1S/C11H19NO2/c1-11(2,3)10(13)12-6-9-5-4-8(12)7-14-9/h8-9H,4-7H2,1-3H3/t8-,9?/m0/s1. The van der Waals surface area contributed by atoms with E-state index in [2.05, 4.69) is 0 Å². The first kappa shape index (κ1) is 9.97. The topological polar surface area (TPSA) is 29.5 Å². The fraction of sp³-hybridized carbons (Fsp3) is 0.909. The van der Waals surface area contributed by atoms with Gasteiger partial charge >= 0.3 is 0 Å². The van der Waals surface area contributed by atoms with E-state index in [9.17, 15) is 4.79 Å². The van der Waals surface area contributed by atoms with Gasteiger partial charge in [0.2, 0.25) is 5.91 Å². The van der Waals surface area contributed by atoms with Gasteiger partial charge in [0.05, 0.1) is 18.8 Å². The second kappa shape index (κ2) is 3.23. The Bertz CT molecular complexity index is 236. The van der Waals surface area contributed by atoms with Crippen molar-refractivity contribution in [2.75, 3.05) is 13.2 Å². The zero-order valence-corrected chi connectivity index (χ0v) is 9.25. The number of hydrogen-bond acceptors (Lipinski definition) is 2. The molecule has 0 aromatic carbocycles. The zero-order chi connectivity index (χ0) is 10.3. The van der Waals surface area contributed by atoms with Crippen molar-refractivity contribution in [3.63, 3.8) is 0 Å². The third-order valence-electron chi connectivity index (χ3n) is 3.09. The van der Waals surface area contributed by atoms with Crippen molar-refractivity contribution in [2.24, 2.45) is 5.41 Å². The maximum Gasteiger partial charge on any atom is 0.228 e. The molecule has 3 aliphatic heterocycles. The van der Waals surface area contributed by atoms with Gasteiger partial charge in [-0.25, -0.2) is 0 Å². The van der Waals surface area contributed by atoms with Gasteiger partial charge in [0.1, 0.15) is 0 Å². The van der Waals surface area contributed by atoms with Gasteiger partial charge in [0, 0.05) is 12.0 Å². The number of fused-ring (bicyclic) bond motifs is 3. The number of carbonyl (C=O) groups excluding carboxylic acids is 1. The normalized spacial score (nSPS) is 32.1. The Labute approximate surface area is 85.4 Å². The van der Waals surface area contributed by atoms with E-state index in [1.54, 1.807) is 0 Å². The van der Waals surface area contributed by atoms with Gasteiger partial charge in [-0.2, -0.15) is 0 Å². The summed E-state index contributed by atoms with van der Waals surface area (Å²) in [5, 5.41) is 0. The molecule has 3 heterocycles. The number of carbonyl (C=O) groups is 1. The van der Waals surface area contributed by atoms with E-state index >= 15 is 0 Å². The van der Waals surface area contributed by atoms with Crippen LogP contribution < -0.4 is 0 Å². The zero-order valence-electron chi connectivity index (χ0n) is 9.25. The highest BCUT2D eigenvalue weighted by molar-refractivity contribution is 5.82. The van der Waals surface area contributed by atoms with Gasteiger partial charge in [0.15, 0.2) is 0 Å². The molecule has 0 saturated carbocycles. The fourth-order valence-electron chi connectivity index (χ4n) is 2.23. The second-order valence-electron chi connectivity index (χ2n) is 5.39. The van der Waals surface area contributed by atoms with Gasteiger partial charge in [-0.05, 0) is 12.8 Å². The Hall–Kier alpha value is -0.570.